The van der Waals surface area contributed by atoms with E-state index in [1.54, 1.807) is 0 Å². The summed E-state index contributed by atoms with van der Waals surface area (Å²) in [6.45, 7) is 8.39. The van der Waals surface area contributed by atoms with Crippen LogP contribution in [0.5, 0.6) is 0 Å². The van der Waals surface area contributed by atoms with Crippen molar-refractivity contribution in [3.05, 3.63) is 0 Å². The second-order valence-corrected chi connectivity index (χ2v) is 19.0. The Hall–Kier alpha value is -0.600. The molecule has 4 aliphatic heterocycles. The number of rotatable bonds is 6. The van der Waals surface area contributed by atoms with Crippen molar-refractivity contribution in [2.75, 3.05) is 19.8 Å². The van der Waals surface area contributed by atoms with Gasteiger partial charge in [-0.1, -0.05) is 27.7 Å². The van der Waals surface area contributed by atoms with E-state index in [-0.39, 0.29) is 52.4 Å². The fourth-order valence-electron chi connectivity index (χ4n) is 13.4. The van der Waals surface area contributed by atoms with Gasteiger partial charge in [-0.05, 0) is 97.7 Å². The molecule has 1 spiro atoms. The third-order valence-electron chi connectivity index (χ3n) is 16.2. The lowest BCUT2D eigenvalue weighted by Gasteiger charge is -2.63. The quantitative estimate of drug-likeness (QED) is 0.153. The molecular formula is C39H64O15. The number of fused-ring (bicyclic) bond motifs is 7. The molecule has 3 unspecified atom stereocenters. The predicted octanol–water partition coefficient (Wildman–Crippen LogP) is -0.616. The smallest absolute Gasteiger partial charge is 0.197 e. The van der Waals surface area contributed by atoms with Crippen molar-refractivity contribution in [1.82, 2.24) is 0 Å². The highest BCUT2D eigenvalue weighted by Crippen LogP contribution is 2.71. The van der Waals surface area contributed by atoms with Crippen molar-refractivity contribution in [2.24, 2.45) is 52.3 Å². The van der Waals surface area contributed by atoms with Gasteiger partial charge in [-0.25, -0.2) is 0 Å². The van der Waals surface area contributed by atoms with E-state index in [0.717, 1.165) is 25.7 Å². The normalized spacial score (nSPS) is 60.1. The van der Waals surface area contributed by atoms with Gasteiger partial charge in [0.15, 0.2) is 18.4 Å². The molecule has 0 amide bonds. The summed E-state index contributed by atoms with van der Waals surface area (Å²) >= 11 is 0. The number of ether oxygens (including phenoxy) is 6. The molecule has 8 rings (SSSR count). The van der Waals surface area contributed by atoms with Gasteiger partial charge in [0.1, 0.15) is 54.9 Å². The van der Waals surface area contributed by atoms with Gasteiger partial charge < -0.3 is 74.4 Å². The zero-order chi connectivity index (χ0) is 38.6. The number of hydrogen-bond donors (Lipinski definition) is 9. The third kappa shape index (κ3) is 6.09. The summed E-state index contributed by atoms with van der Waals surface area (Å²) in [6.07, 6.45) is -9.78. The first-order valence-electron chi connectivity index (χ1n) is 20.5. The van der Waals surface area contributed by atoms with E-state index >= 15 is 0 Å². The van der Waals surface area contributed by atoms with E-state index in [1.807, 2.05) is 0 Å². The molecule has 8 fully saturated rings. The topological polar surface area (TPSA) is 237 Å². The molecule has 0 radical (unpaired) electrons. The van der Waals surface area contributed by atoms with E-state index in [9.17, 15) is 46.0 Å². The molecule has 15 nitrogen and oxygen atoms in total. The Morgan fingerprint density at radius 2 is 1.26 bits per heavy atom. The number of aliphatic hydroxyl groups excluding tert-OH is 9. The van der Waals surface area contributed by atoms with Crippen molar-refractivity contribution >= 4 is 0 Å². The van der Waals surface area contributed by atoms with Gasteiger partial charge in [0.2, 0.25) is 0 Å². The first-order chi connectivity index (χ1) is 25.6. The fraction of sp³-hybridized carbons (Fsp3) is 1.00. The molecule has 4 heterocycles. The van der Waals surface area contributed by atoms with Crippen molar-refractivity contribution in [2.45, 2.75) is 171 Å². The molecule has 0 aromatic carbocycles. The minimum atomic E-state index is -1.59. The zero-order valence-corrected chi connectivity index (χ0v) is 31.9. The molecule has 54 heavy (non-hydrogen) atoms. The highest BCUT2D eigenvalue weighted by atomic mass is 16.7. The van der Waals surface area contributed by atoms with Gasteiger partial charge in [-0.3, -0.25) is 0 Å². The Bertz CT molecular complexity index is 1340. The van der Waals surface area contributed by atoms with Crippen LogP contribution in [0.1, 0.15) is 79.1 Å². The van der Waals surface area contributed by atoms with Gasteiger partial charge in [-0.2, -0.15) is 0 Å². The molecule has 9 N–H and O–H groups in total. The molecule has 0 aromatic rings. The highest BCUT2D eigenvalue weighted by molar-refractivity contribution is 5.17. The summed E-state index contributed by atoms with van der Waals surface area (Å²) < 4.78 is 37.9. The number of hydrogen-bond acceptors (Lipinski definition) is 15. The minimum Gasteiger partial charge on any atom is -0.394 e. The maximum atomic E-state index is 11.3. The fourth-order valence-corrected chi connectivity index (χ4v) is 13.4. The summed E-state index contributed by atoms with van der Waals surface area (Å²) in [7, 11) is 0. The average molecular weight is 773 g/mol. The predicted molar refractivity (Wildman–Crippen MR) is 186 cm³/mol. The van der Waals surface area contributed by atoms with Crippen LogP contribution in [-0.2, 0) is 28.4 Å². The van der Waals surface area contributed by atoms with Gasteiger partial charge in [-0.15, -0.1) is 0 Å². The summed E-state index contributed by atoms with van der Waals surface area (Å²) in [5.74, 6) is 0.156. The van der Waals surface area contributed by atoms with E-state index in [2.05, 4.69) is 27.7 Å². The van der Waals surface area contributed by atoms with Crippen molar-refractivity contribution < 1.29 is 74.4 Å². The van der Waals surface area contributed by atoms with Crippen LogP contribution in [0.15, 0.2) is 0 Å². The van der Waals surface area contributed by atoms with Crippen molar-refractivity contribution in [1.29, 1.82) is 0 Å². The first-order valence-corrected chi connectivity index (χ1v) is 20.5. The highest BCUT2D eigenvalue weighted by Gasteiger charge is 2.71. The minimum absolute atomic E-state index is 0.000329. The molecule has 8 aliphatic rings. The van der Waals surface area contributed by atoms with Crippen LogP contribution in [0.25, 0.3) is 0 Å². The van der Waals surface area contributed by atoms with E-state index in [4.69, 9.17) is 28.4 Å². The lowest BCUT2D eigenvalue weighted by Crippen LogP contribution is -2.63. The monoisotopic (exact) mass is 772 g/mol. The van der Waals surface area contributed by atoms with Crippen LogP contribution < -0.4 is 0 Å². The third-order valence-corrected chi connectivity index (χ3v) is 16.2. The van der Waals surface area contributed by atoms with Gasteiger partial charge >= 0.3 is 0 Å². The standard InChI is InChI=1S/C39H64O15/c1-16-9-27(42)39(49-15-16)17(2)28-24(54-39)12-21-19-11-23(51-36-34(48)32(46)30(44)26(14-41)53-36)22-10-18(5-7-37(22,3)20(19)6-8-38(21,28)4)50-35-33(47)31(45)29(43)25(13-40)52-35/h16-36,40-48H,5-15H2,1-4H3/t16?,17-,18-,19+,20-,21-,22+,23-,24-,25+,26+,27?,28-,29+,30+,31-,32-,33+,34+,35+,36+,37+,38-,39?/m0/s1. The molecule has 310 valence electrons. The average Bonchev–Trinajstić information content (AvgIpc) is 3.60. The zero-order valence-electron chi connectivity index (χ0n) is 31.9. The largest absolute Gasteiger partial charge is 0.394 e. The molecule has 0 bridgehead atoms. The summed E-state index contributed by atoms with van der Waals surface area (Å²) in [5, 5.41) is 94.9. The molecule has 4 aliphatic carbocycles. The van der Waals surface area contributed by atoms with Crippen LogP contribution in [0.3, 0.4) is 0 Å². The van der Waals surface area contributed by atoms with E-state index in [0.29, 0.717) is 38.2 Å². The molecule has 4 saturated heterocycles. The maximum absolute atomic E-state index is 11.3. The van der Waals surface area contributed by atoms with Crippen molar-refractivity contribution in [3.63, 3.8) is 0 Å². The lowest BCUT2D eigenvalue weighted by molar-refractivity contribution is -0.335. The summed E-state index contributed by atoms with van der Waals surface area (Å²) in [6, 6.07) is 0. The molecule has 24 atom stereocenters. The Morgan fingerprint density at radius 3 is 1.87 bits per heavy atom. The second-order valence-electron chi connectivity index (χ2n) is 19.0. The Morgan fingerprint density at radius 1 is 0.648 bits per heavy atom. The molecule has 0 aromatic heterocycles. The molecule has 15 heteroatoms. The van der Waals surface area contributed by atoms with Gasteiger partial charge in [0.25, 0.3) is 0 Å². The first kappa shape index (κ1) is 40.2. The van der Waals surface area contributed by atoms with Crippen LogP contribution in [-0.4, -0.2) is 157 Å². The lowest BCUT2D eigenvalue weighted by atomic mass is 9.43. The van der Waals surface area contributed by atoms with E-state index in [1.165, 1.54) is 0 Å². The summed E-state index contributed by atoms with van der Waals surface area (Å²) in [4.78, 5) is 0. The van der Waals surface area contributed by atoms with Crippen LogP contribution in [0.4, 0.5) is 0 Å². The van der Waals surface area contributed by atoms with Crippen LogP contribution in [0.2, 0.25) is 0 Å². The Kier molecular flexibility index (Phi) is 10.9. The SMILES string of the molecule is CC1COC2(O[C@H]3C[C@H]4[C@@H]5C[C@H](O[C@@H]6O[C@H](CO)[C@@H](O)[C@H](O)[C@H]6O)[C@H]6C[C@@H](O[C@@H]7O[C@H](CO)[C@@H](O)[C@H](O)[C@H]7O)CC[C@]6(C)[C@H]5CC[C@]4(C)[C@H]3[C@@H]2C)C(O)C1. The molecular weight excluding hydrogens is 708 g/mol. The van der Waals surface area contributed by atoms with Gasteiger partial charge in [0.05, 0.1) is 38.1 Å². The Labute approximate surface area is 316 Å². The summed E-state index contributed by atoms with van der Waals surface area (Å²) in [5.41, 5.74) is -0.330. The van der Waals surface area contributed by atoms with Gasteiger partial charge in [0, 0.05) is 5.92 Å². The maximum Gasteiger partial charge on any atom is 0.197 e. The Balaban J connectivity index is 1.07. The molecule has 4 saturated carbocycles. The van der Waals surface area contributed by atoms with Crippen molar-refractivity contribution in [3.8, 4) is 0 Å². The van der Waals surface area contributed by atoms with E-state index < -0.39 is 98.7 Å². The van der Waals surface area contributed by atoms with Crippen LogP contribution in [0, 0.1) is 52.3 Å². The number of aliphatic hydroxyl groups is 9. The van der Waals surface area contributed by atoms with Crippen LogP contribution >= 0.6 is 0 Å². The second kappa shape index (κ2) is 14.6.